The molecular formula is C15H16N4OS. The minimum atomic E-state index is 0.515. The van der Waals surface area contributed by atoms with Crippen molar-refractivity contribution in [2.24, 2.45) is 0 Å². The zero-order valence-electron chi connectivity index (χ0n) is 12.0. The second-order valence-corrected chi connectivity index (χ2v) is 5.66. The largest absolute Gasteiger partial charge is 0.411 e. The van der Waals surface area contributed by atoms with Gasteiger partial charge in [0.15, 0.2) is 0 Å². The Bertz CT molecular complexity index is 717. The topological polar surface area (TPSA) is 56.7 Å². The summed E-state index contributed by atoms with van der Waals surface area (Å²) in [6, 6.07) is 8.44. The maximum atomic E-state index is 5.66. The SMILES string of the molecule is CCn1cc(-c2nnc(SCc3ccc(C)cc3)o2)cn1. The lowest BCUT2D eigenvalue weighted by molar-refractivity contribution is 0.466. The van der Waals surface area contributed by atoms with Crippen molar-refractivity contribution in [1.29, 1.82) is 0 Å². The van der Waals surface area contributed by atoms with E-state index in [2.05, 4.69) is 46.5 Å². The normalized spacial score (nSPS) is 11.0. The van der Waals surface area contributed by atoms with Crippen LogP contribution >= 0.6 is 11.8 Å². The first-order chi connectivity index (χ1) is 10.2. The van der Waals surface area contributed by atoms with Crippen molar-refractivity contribution < 1.29 is 4.42 Å². The molecule has 5 nitrogen and oxygen atoms in total. The predicted molar refractivity (Wildman–Crippen MR) is 81.9 cm³/mol. The van der Waals surface area contributed by atoms with E-state index in [0.29, 0.717) is 11.1 Å². The van der Waals surface area contributed by atoms with Crippen LogP contribution < -0.4 is 0 Å². The van der Waals surface area contributed by atoms with Crippen LogP contribution in [0.3, 0.4) is 0 Å². The van der Waals surface area contributed by atoms with E-state index < -0.39 is 0 Å². The van der Waals surface area contributed by atoms with Gasteiger partial charge in [-0.15, -0.1) is 10.2 Å². The second kappa shape index (κ2) is 6.13. The number of aromatic nitrogens is 4. The maximum Gasteiger partial charge on any atom is 0.277 e. The molecular weight excluding hydrogens is 284 g/mol. The smallest absolute Gasteiger partial charge is 0.277 e. The van der Waals surface area contributed by atoms with E-state index in [9.17, 15) is 0 Å². The molecule has 0 aliphatic heterocycles. The van der Waals surface area contributed by atoms with Gasteiger partial charge < -0.3 is 4.42 Å². The van der Waals surface area contributed by atoms with E-state index in [0.717, 1.165) is 17.9 Å². The van der Waals surface area contributed by atoms with Gasteiger partial charge in [0, 0.05) is 18.5 Å². The first-order valence-corrected chi connectivity index (χ1v) is 7.78. The Kier molecular flexibility index (Phi) is 4.06. The van der Waals surface area contributed by atoms with Crippen molar-refractivity contribution >= 4 is 11.8 Å². The standard InChI is InChI=1S/C15H16N4OS/c1-3-19-9-13(8-16-19)14-17-18-15(20-14)21-10-12-6-4-11(2)5-7-12/h4-9H,3,10H2,1-2H3. The van der Waals surface area contributed by atoms with Gasteiger partial charge in [-0.05, 0) is 19.4 Å². The van der Waals surface area contributed by atoms with Gasteiger partial charge in [-0.25, -0.2) is 0 Å². The molecule has 108 valence electrons. The molecule has 6 heteroatoms. The third kappa shape index (κ3) is 3.33. The van der Waals surface area contributed by atoms with Gasteiger partial charge in [0.2, 0.25) is 0 Å². The monoisotopic (exact) mass is 300 g/mol. The van der Waals surface area contributed by atoms with Crippen molar-refractivity contribution in [2.75, 3.05) is 0 Å². The number of aryl methyl sites for hydroxylation is 2. The Morgan fingerprint density at radius 1 is 1.19 bits per heavy atom. The highest BCUT2D eigenvalue weighted by Gasteiger charge is 2.11. The second-order valence-electron chi connectivity index (χ2n) is 4.73. The molecule has 0 saturated carbocycles. The summed E-state index contributed by atoms with van der Waals surface area (Å²) in [6.07, 6.45) is 3.65. The molecule has 0 amide bonds. The molecule has 0 atom stereocenters. The van der Waals surface area contributed by atoms with Crippen LogP contribution in [0.15, 0.2) is 46.3 Å². The highest BCUT2D eigenvalue weighted by atomic mass is 32.2. The van der Waals surface area contributed by atoms with Gasteiger partial charge in [-0.1, -0.05) is 41.6 Å². The first kappa shape index (κ1) is 13.9. The molecule has 0 radical (unpaired) electrons. The molecule has 0 N–H and O–H groups in total. The minimum absolute atomic E-state index is 0.515. The van der Waals surface area contributed by atoms with Gasteiger partial charge >= 0.3 is 0 Å². The lowest BCUT2D eigenvalue weighted by Gasteiger charge is -1.98. The number of nitrogens with zero attached hydrogens (tertiary/aromatic N) is 4. The van der Waals surface area contributed by atoms with Gasteiger partial charge in [0.1, 0.15) is 0 Å². The molecule has 21 heavy (non-hydrogen) atoms. The van der Waals surface area contributed by atoms with Crippen LogP contribution in [0.1, 0.15) is 18.1 Å². The molecule has 2 aromatic heterocycles. The predicted octanol–water partition coefficient (Wildman–Crippen LogP) is 3.55. The average Bonchev–Trinajstić information content (AvgIpc) is 3.15. The number of thioether (sulfide) groups is 1. The van der Waals surface area contributed by atoms with Gasteiger partial charge in [0.25, 0.3) is 11.1 Å². The Labute approximate surface area is 127 Å². The van der Waals surface area contributed by atoms with E-state index >= 15 is 0 Å². The summed E-state index contributed by atoms with van der Waals surface area (Å²) in [4.78, 5) is 0. The Balaban J connectivity index is 1.66. The van der Waals surface area contributed by atoms with Crippen molar-refractivity contribution in [2.45, 2.75) is 31.4 Å². The van der Waals surface area contributed by atoms with E-state index in [1.165, 1.54) is 22.9 Å². The Morgan fingerprint density at radius 2 is 2.00 bits per heavy atom. The van der Waals surface area contributed by atoms with Crippen molar-refractivity contribution in [3.05, 3.63) is 47.8 Å². The summed E-state index contributed by atoms with van der Waals surface area (Å²) < 4.78 is 7.49. The molecule has 0 saturated heterocycles. The van der Waals surface area contributed by atoms with Crippen LogP contribution in [0, 0.1) is 6.92 Å². The summed E-state index contributed by atoms with van der Waals surface area (Å²) >= 11 is 1.54. The minimum Gasteiger partial charge on any atom is -0.411 e. The van der Waals surface area contributed by atoms with Crippen LogP contribution in [-0.4, -0.2) is 20.0 Å². The first-order valence-electron chi connectivity index (χ1n) is 6.79. The van der Waals surface area contributed by atoms with Crippen LogP contribution in [0.5, 0.6) is 0 Å². The van der Waals surface area contributed by atoms with Crippen LogP contribution in [-0.2, 0) is 12.3 Å². The fourth-order valence-corrected chi connectivity index (χ4v) is 2.58. The third-order valence-corrected chi connectivity index (χ3v) is 3.98. The molecule has 0 fully saturated rings. The molecule has 3 rings (SSSR count). The van der Waals surface area contributed by atoms with Crippen LogP contribution in [0.25, 0.3) is 11.5 Å². The fraction of sp³-hybridized carbons (Fsp3) is 0.267. The third-order valence-electron chi connectivity index (χ3n) is 3.09. The average molecular weight is 300 g/mol. The molecule has 2 heterocycles. The lowest BCUT2D eigenvalue weighted by Crippen LogP contribution is -1.91. The summed E-state index contributed by atoms with van der Waals surface area (Å²) in [7, 11) is 0. The number of hydrogen-bond acceptors (Lipinski definition) is 5. The van der Waals surface area contributed by atoms with Gasteiger partial charge in [-0.2, -0.15) is 5.10 Å². The van der Waals surface area contributed by atoms with E-state index in [4.69, 9.17) is 4.42 Å². The molecule has 0 bridgehead atoms. The molecule has 0 spiro atoms. The summed E-state index contributed by atoms with van der Waals surface area (Å²) in [6.45, 7) is 4.94. The maximum absolute atomic E-state index is 5.66. The Morgan fingerprint density at radius 3 is 2.71 bits per heavy atom. The van der Waals surface area contributed by atoms with E-state index in [1.807, 2.05) is 17.8 Å². The molecule has 0 aliphatic rings. The fourth-order valence-electron chi connectivity index (χ4n) is 1.86. The summed E-state index contributed by atoms with van der Waals surface area (Å²) in [5.41, 5.74) is 3.35. The summed E-state index contributed by atoms with van der Waals surface area (Å²) in [5, 5.41) is 12.9. The highest BCUT2D eigenvalue weighted by Crippen LogP contribution is 2.25. The van der Waals surface area contributed by atoms with Crippen LogP contribution in [0.2, 0.25) is 0 Å². The van der Waals surface area contributed by atoms with Gasteiger partial charge in [-0.3, -0.25) is 4.68 Å². The number of rotatable bonds is 5. The molecule has 1 aromatic carbocycles. The van der Waals surface area contributed by atoms with Crippen molar-refractivity contribution in [3.63, 3.8) is 0 Å². The van der Waals surface area contributed by atoms with Crippen molar-refractivity contribution in [3.8, 4) is 11.5 Å². The van der Waals surface area contributed by atoms with Crippen LogP contribution in [0.4, 0.5) is 0 Å². The van der Waals surface area contributed by atoms with Crippen molar-refractivity contribution in [1.82, 2.24) is 20.0 Å². The molecule has 0 aliphatic carbocycles. The zero-order valence-corrected chi connectivity index (χ0v) is 12.8. The molecule has 3 aromatic rings. The van der Waals surface area contributed by atoms with E-state index in [1.54, 1.807) is 6.20 Å². The quantitative estimate of drug-likeness (QED) is 0.674. The lowest BCUT2D eigenvalue weighted by atomic mass is 10.2. The molecule has 0 unspecified atom stereocenters. The zero-order chi connectivity index (χ0) is 14.7. The Hall–Kier alpha value is -2.08. The summed E-state index contributed by atoms with van der Waals surface area (Å²) in [5.74, 6) is 1.33. The highest BCUT2D eigenvalue weighted by molar-refractivity contribution is 7.98. The number of benzene rings is 1. The van der Waals surface area contributed by atoms with E-state index in [-0.39, 0.29) is 0 Å². The number of hydrogen-bond donors (Lipinski definition) is 0. The van der Waals surface area contributed by atoms with Gasteiger partial charge in [0.05, 0.1) is 11.8 Å².